The van der Waals surface area contributed by atoms with Gasteiger partial charge >= 0.3 is 6.61 Å². The second kappa shape index (κ2) is 5.86. The van der Waals surface area contributed by atoms with Crippen LogP contribution in [0.3, 0.4) is 0 Å². The highest BCUT2D eigenvalue weighted by atomic mass is 19.3. The van der Waals surface area contributed by atoms with Crippen LogP contribution in [0, 0.1) is 5.41 Å². The average Bonchev–Trinajstić information content (AvgIpc) is 2.29. The van der Waals surface area contributed by atoms with Crippen molar-refractivity contribution in [1.82, 2.24) is 0 Å². The second-order valence-corrected chi connectivity index (χ2v) is 4.94. The van der Waals surface area contributed by atoms with E-state index in [9.17, 15) is 13.6 Å². The molecule has 0 spiro atoms. The number of carbonyl (C=O) groups excluding carboxylic acids is 1. The molecule has 0 atom stereocenters. The first-order valence-corrected chi connectivity index (χ1v) is 5.68. The minimum atomic E-state index is -2.96. The Balaban J connectivity index is 3.04. The van der Waals surface area contributed by atoms with Crippen molar-refractivity contribution in [3.8, 4) is 11.5 Å². The van der Waals surface area contributed by atoms with Gasteiger partial charge in [-0.3, -0.25) is 4.79 Å². The van der Waals surface area contributed by atoms with Crippen LogP contribution in [0.15, 0.2) is 18.2 Å². The van der Waals surface area contributed by atoms with Crippen molar-refractivity contribution < 1.29 is 23.0 Å². The summed E-state index contributed by atoms with van der Waals surface area (Å²) in [4.78, 5) is 11.9. The fourth-order valence-corrected chi connectivity index (χ4v) is 1.24. The molecule has 0 unspecified atom stereocenters. The molecule has 1 aromatic carbocycles. The van der Waals surface area contributed by atoms with Gasteiger partial charge in [0, 0.05) is 11.5 Å². The van der Waals surface area contributed by atoms with Gasteiger partial charge in [-0.05, 0) is 12.1 Å². The zero-order chi connectivity index (χ0) is 14.6. The molecule has 0 aromatic heterocycles. The number of hydrogen-bond donors (Lipinski definition) is 1. The summed E-state index contributed by atoms with van der Waals surface area (Å²) >= 11 is 0. The summed E-state index contributed by atoms with van der Waals surface area (Å²) in [6.45, 7) is 2.20. The van der Waals surface area contributed by atoms with Crippen molar-refractivity contribution >= 4 is 11.6 Å². The van der Waals surface area contributed by atoms with E-state index in [1.54, 1.807) is 20.8 Å². The third kappa shape index (κ3) is 4.39. The molecule has 0 fully saturated rings. The zero-order valence-electron chi connectivity index (χ0n) is 11.3. The number of nitrogens with one attached hydrogen (secondary N) is 1. The van der Waals surface area contributed by atoms with Crippen LogP contribution in [0.1, 0.15) is 20.8 Å². The molecule has 4 nitrogen and oxygen atoms in total. The highest BCUT2D eigenvalue weighted by Gasteiger charge is 2.23. The average molecular weight is 273 g/mol. The number of anilines is 1. The number of halogens is 2. The number of amides is 1. The smallest absolute Gasteiger partial charge is 0.387 e. The van der Waals surface area contributed by atoms with E-state index in [1.807, 2.05) is 0 Å². The van der Waals surface area contributed by atoms with Gasteiger partial charge in [0.1, 0.15) is 11.5 Å². The van der Waals surface area contributed by atoms with Gasteiger partial charge in [-0.25, -0.2) is 0 Å². The van der Waals surface area contributed by atoms with E-state index in [-0.39, 0.29) is 17.3 Å². The summed E-state index contributed by atoms with van der Waals surface area (Å²) in [5, 5.41) is 2.55. The van der Waals surface area contributed by atoms with Crippen LogP contribution in [0.4, 0.5) is 14.5 Å². The number of carbonyl (C=O) groups is 1. The molecule has 19 heavy (non-hydrogen) atoms. The van der Waals surface area contributed by atoms with Crippen molar-refractivity contribution in [3.63, 3.8) is 0 Å². The first-order chi connectivity index (χ1) is 8.74. The van der Waals surface area contributed by atoms with Gasteiger partial charge in [-0.1, -0.05) is 20.8 Å². The molecule has 1 N–H and O–H groups in total. The maximum atomic E-state index is 12.3. The number of ether oxygens (including phenoxy) is 2. The van der Waals surface area contributed by atoms with Crippen LogP contribution in [-0.4, -0.2) is 19.6 Å². The van der Waals surface area contributed by atoms with Crippen LogP contribution in [0.25, 0.3) is 0 Å². The first kappa shape index (κ1) is 15.2. The van der Waals surface area contributed by atoms with Gasteiger partial charge < -0.3 is 14.8 Å². The SMILES string of the molecule is COc1ccc(OC(F)F)c(NC(=O)C(C)(C)C)c1. The van der Waals surface area contributed by atoms with Crippen LogP contribution >= 0.6 is 0 Å². The normalized spacial score (nSPS) is 11.3. The monoisotopic (exact) mass is 273 g/mol. The Bertz CT molecular complexity index is 456. The maximum Gasteiger partial charge on any atom is 0.387 e. The summed E-state index contributed by atoms with van der Waals surface area (Å²) < 4.78 is 33.9. The highest BCUT2D eigenvalue weighted by Crippen LogP contribution is 2.31. The molecule has 6 heteroatoms. The molecule has 0 heterocycles. The molecule has 106 valence electrons. The van der Waals surface area contributed by atoms with E-state index in [4.69, 9.17) is 4.74 Å². The van der Waals surface area contributed by atoms with Crippen molar-refractivity contribution in [2.45, 2.75) is 27.4 Å². The van der Waals surface area contributed by atoms with Gasteiger partial charge in [-0.15, -0.1) is 0 Å². The van der Waals surface area contributed by atoms with Gasteiger partial charge in [0.05, 0.1) is 12.8 Å². The third-order valence-electron chi connectivity index (χ3n) is 2.33. The van der Waals surface area contributed by atoms with Gasteiger partial charge in [-0.2, -0.15) is 8.78 Å². The minimum Gasteiger partial charge on any atom is -0.497 e. The van der Waals surface area contributed by atoms with Gasteiger partial charge in [0.2, 0.25) is 5.91 Å². The van der Waals surface area contributed by atoms with Gasteiger partial charge in [0.15, 0.2) is 0 Å². The molecule has 0 bridgehead atoms. The number of methoxy groups -OCH3 is 1. The highest BCUT2D eigenvalue weighted by molar-refractivity contribution is 5.96. The summed E-state index contributed by atoms with van der Waals surface area (Å²) in [7, 11) is 1.44. The molecule has 1 amide bonds. The Hall–Kier alpha value is -1.85. The Morgan fingerprint density at radius 1 is 1.32 bits per heavy atom. The lowest BCUT2D eigenvalue weighted by molar-refractivity contribution is -0.123. The van der Waals surface area contributed by atoms with E-state index in [2.05, 4.69) is 10.1 Å². The Morgan fingerprint density at radius 3 is 2.42 bits per heavy atom. The molecule has 0 radical (unpaired) electrons. The van der Waals surface area contributed by atoms with E-state index in [0.717, 1.165) is 0 Å². The van der Waals surface area contributed by atoms with Crippen LogP contribution in [-0.2, 0) is 4.79 Å². The molecule has 0 aliphatic carbocycles. The van der Waals surface area contributed by atoms with Gasteiger partial charge in [0.25, 0.3) is 0 Å². The summed E-state index contributed by atoms with van der Waals surface area (Å²) in [6.07, 6.45) is 0. The molecule has 0 saturated heterocycles. The second-order valence-electron chi connectivity index (χ2n) is 4.94. The van der Waals surface area contributed by atoms with Crippen molar-refractivity contribution in [2.75, 3.05) is 12.4 Å². The van der Waals surface area contributed by atoms with E-state index < -0.39 is 12.0 Å². The van der Waals surface area contributed by atoms with Crippen LogP contribution < -0.4 is 14.8 Å². The molecular formula is C13H17F2NO3. The summed E-state index contributed by atoms with van der Waals surface area (Å²) in [6, 6.07) is 4.23. The predicted octanol–water partition coefficient (Wildman–Crippen LogP) is 3.28. The number of rotatable bonds is 4. The maximum absolute atomic E-state index is 12.3. The largest absolute Gasteiger partial charge is 0.497 e. The van der Waals surface area contributed by atoms with Crippen molar-refractivity contribution in [3.05, 3.63) is 18.2 Å². The molecule has 1 aromatic rings. The quantitative estimate of drug-likeness (QED) is 0.915. The van der Waals surface area contributed by atoms with E-state index in [1.165, 1.54) is 25.3 Å². The minimum absolute atomic E-state index is 0.103. The molecule has 0 aliphatic heterocycles. The molecule has 1 rings (SSSR count). The standard InChI is InChI=1S/C13H17F2NO3/c1-13(2,3)11(17)16-9-7-8(18-4)5-6-10(9)19-12(14)15/h5-7,12H,1-4H3,(H,16,17). The summed E-state index contributed by atoms with van der Waals surface area (Å²) in [5.41, 5.74) is -0.495. The number of hydrogen-bond acceptors (Lipinski definition) is 3. The zero-order valence-corrected chi connectivity index (χ0v) is 11.3. The van der Waals surface area contributed by atoms with E-state index in [0.29, 0.717) is 5.75 Å². The van der Waals surface area contributed by atoms with Crippen LogP contribution in [0.5, 0.6) is 11.5 Å². The Kier molecular flexibility index (Phi) is 4.69. The summed E-state index contributed by atoms with van der Waals surface area (Å²) in [5.74, 6) is 0.0269. The van der Waals surface area contributed by atoms with E-state index >= 15 is 0 Å². The predicted molar refractivity (Wildman–Crippen MR) is 67.7 cm³/mol. The Morgan fingerprint density at radius 2 is 1.95 bits per heavy atom. The lowest BCUT2D eigenvalue weighted by Crippen LogP contribution is -2.28. The fraction of sp³-hybridized carbons (Fsp3) is 0.462. The van der Waals surface area contributed by atoms with Crippen molar-refractivity contribution in [1.29, 1.82) is 0 Å². The molecule has 0 aliphatic rings. The Labute approximate surface area is 110 Å². The van der Waals surface area contributed by atoms with Crippen LogP contribution in [0.2, 0.25) is 0 Å². The number of alkyl halides is 2. The van der Waals surface area contributed by atoms with Crippen molar-refractivity contribution in [2.24, 2.45) is 5.41 Å². The molecular weight excluding hydrogens is 256 g/mol. The fourth-order valence-electron chi connectivity index (χ4n) is 1.24. The first-order valence-electron chi connectivity index (χ1n) is 5.68. The lowest BCUT2D eigenvalue weighted by atomic mass is 9.95. The number of benzene rings is 1. The third-order valence-corrected chi connectivity index (χ3v) is 2.33. The lowest BCUT2D eigenvalue weighted by Gasteiger charge is -2.19. The topological polar surface area (TPSA) is 47.6 Å². The molecule has 0 saturated carbocycles.